The monoisotopic (exact) mass is 530 g/mol. The third-order valence-corrected chi connectivity index (χ3v) is 6.31. The quantitative estimate of drug-likeness (QED) is 0.203. The molecule has 2 aliphatic heterocycles. The zero-order valence-electron chi connectivity index (χ0n) is 17.4. The molecule has 2 fully saturated rings. The molecule has 0 aromatic carbocycles. The lowest BCUT2D eigenvalue weighted by atomic mass is 10.00. The van der Waals surface area contributed by atoms with Gasteiger partial charge in [-0.3, -0.25) is 0 Å². The van der Waals surface area contributed by atoms with Gasteiger partial charge in [-0.05, 0) is 13.8 Å². The van der Waals surface area contributed by atoms with Gasteiger partial charge < -0.3 is 37.9 Å². The number of carbonyl (C=O) groups is 1. The van der Waals surface area contributed by atoms with E-state index >= 15 is 0 Å². The maximum absolute atomic E-state index is 11.9. The molecule has 0 spiro atoms. The number of alkyl halides is 1. The van der Waals surface area contributed by atoms with Crippen molar-refractivity contribution in [2.45, 2.75) is 73.4 Å². The van der Waals surface area contributed by atoms with Crippen LogP contribution in [0.2, 0.25) is 0 Å². The molecule has 0 unspecified atom stereocenters. The van der Waals surface area contributed by atoms with E-state index in [1.54, 1.807) is 28.3 Å². The first kappa shape index (κ1) is 24.8. The second-order valence-electron chi connectivity index (χ2n) is 6.90. The predicted molar refractivity (Wildman–Crippen MR) is 111 cm³/mol. The Kier molecular flexibility index (Phi) is 10.1. The molecule has 0 aromatic heterocycles. The fourth-order valence-corrected chi connectivity index (χ4v) is 4.55. The highest BCUT2D eigenvalue weighted by atomic mass is 127. The minimum absolute atomic E-state index is 0.0677. The van der Waals surface area contributed by atoms with Crippen LogP contribution in [0, 0.1) is 0 Å². The third-order valence-electron chi connectivity index (χ3n) is 5.01. The van der Waals surface area contributed by atoms with Crippen molar-refractivity contribution in [2.24, 2.45) is 0 Å². The summed E-state index contributed by atoms with van der Waals surface area (Å²) in [6, 6.07) is 0. The molecule has 0 saturated carbocycles. The van der Waals surface area contributed by atoms with Crippen molar-refractivity contribution < 1.29 is 42.7 Å². The smallest absolute Gasteiger partial charge is 0.430 e. The minimum Gasteiger partial charge on any atom is -0.430 e. The topological polar surface area (TPSA) is 90.9 Å². The minimum atomic E-state index is -0.797. The summed E-state index contributed by atoms with van der Waals surface area (Å²) in [4.78, 5) is 11.9. The van der Waals surface area contributed by atoms with Gasteiger partial charge in [0.05, 0.1) is 22.2 Å². The van der Waals surface area contributed by atoms with E-state index in [1.165, 1.54) is 6.08 Å². The lowest BCUT2D eigenvalue weighted by Gasteiger charge is -2.46. The molecule has 0 aromatic rings. The van der Waals surface area contributed by atoms with Crippen molar-refractivity contribution in [3.8, 4) is 0 Å². The molecule has 9 atom stereocenters. The van der Waals surface area contributed by atoms with E-state index in [0.29, 0.717) is 6.42 Å². The molecule has 0 aliphatic carbocycles. The number of hydrogen-bond donors (Lipinski definition) is 0. The Hall–Kier alpha value is -0.500. The average molecular weight is 530 g/mol. The number of carbonyl (C=O) groups excluding carboxylic acids is 1. The standard InChI is InChI=1S/C19H31IO9/c1-7-8-25-19(21)29-16-11(3)27-18(14(20)17(16)24-6)28-15-10(2)26-13(23-5)9-12(15)22-4/h7,10-18H,1,8-9H2,2-6H3/t10-,11-,12-,13+,14+,15-,16-,17-,18-/m0/s1. The van der Waals surface area contributed by atoms with Crippen LogP contribution in [-0.4, -0.2) is 87.2 Å². The fourth-order valence-electron chi connectivity index (χ4n) is 3.51. The Labute approximate surface area is 185 Å². The zero-order valence-corrected chi connectivity index (χ0v) is 19.6. The van der Waals surface area contributed by atoms with Gasteiger partial charge in [-0.25, -0.2) is 4.79 Å². The first-order valence-electron chi connectivity index (χ1n) is 9.49. The SMILES string of the molecule is C=CCOC(=O)O[C@@H]1[C@@H](OC)[C@@H](I)[C@H](O[C@H]2[C@H](C)O[C@@H](OC)C[C@@H]2OC)O[C@H]1C. The van der Waals surface area contributed by atoms with Crippen LogP contribution in [0.4, 0.5) is 4.79 Å². The highest BCUT2D eigenvalue weighted by Gasteiger charge is 2.49. The molecule has 0 radical (unpaired) electrons. The third kappa shape index (κ3) is 6.25. The van der Waals surface area contributed by atoms with Gasteiger partial charge in [0.1, 0.15) is 18.8 Å². The second kappa shape index (κ2) is 11.8. The highest BCUT2D eigenvalue weighted by Crippen LogP contribution is 2.34. The largest absolute Gasteiger partial charge is 0.509 e. The maximum Gasteiger partial charge on any atom is 0.509 e. The molecule has 168 valence electrons. The zero-order chi connectivity index (χ0) is 21.6. The first-order chi connectivity index (χ1) is 13.9. The fraction of sp³-hybridized carbons (Fsp3) is 0.842. The van der Waals surface area contributed by atoms with Crippen LogP contribution in [0.1, 0.15) is 20.3 Å². The lowest BCUT2D eigenvalue weighted by molar-refractivity contribution is -0.308. The van der Waals surface area contributed by atoms with Crippen molar-refractivity contribution in [3.63, 3.8) is 0 Å². The van der Waals surface area contributed by atoms with Crippen LogP contribution in [-0.2, 0) is 37.9 Å². The predicted octanol–water partition coefficient (Wildman–Crippen LogP) is 2.44. The molecule has 29 heavy (non-hydrogen) atoms. The summed E-state index contributed by atoms with van der Waals surface area (Å²) >= 11 is 2.19. The molecule has 0 N–H and O–H groups in total. The van der Waals surface area contributed by atoms with Crippen LogP contribution >= 0.6 is 22.6 Å². The van der Waals surface area contributed by atoms with E-state index in [1.807, 2.05) is 6.92 Å². The molecular formula is C19H31IO9. The summed E-state index contributed by atoms with van der Waals surface area (Å²) in [5.41, 5.74) is 0. The Morgan fingerprint density at radius 2 is 1.76 bits per heavy atom. The molecule has 2 rings (SSSR count). The maximum atomic E-state index is 11.9. The Morgan fingerprint density at radius 1 is 1.07 bits per heavy atom. The molecule has 10 heteroatoms. The summed E-state index contributed by atoms with van der Waals surface area (Å²) in [6.45, 7) is 7.28. The van der Waals surface area contributed by atoms with Gasteiger partial charge in [0, 0.05) is 27.8 Å². The number of methoxy groups -OCH3 is 3. The number of ether oxygens (including phenoxy) is 8. The second-order valence-corrected chi connectivity index (χ2v) is 8.34. The molecule has 9 nitrogen and oxygen atoms in total. The lowest BCUT2D eigenvalue weighted by Crippen LogP contribution is -2.60. The highest BCUT2D eigenvalue weighted by molar-refractivity contribution is 14.1. The van der Waals surface area contributed by atoms with Gasteiger partial charge in [0.25, 0.3) is 0 Å². The van der Waals surface area contributed by atoms with Gasteiger partial charge in [0.15, 0.2) is 18.7 Å². The Morgan fingerprint density at radius 3 is 2.34 bits per heavy atom. The summed E-state index contributed by atoms with van der Waals surface area (Å²) in [6.07, 6.45) is -2.12. The summed E-state index contributed by atoms with van der Waals surface area (Å²) in [7, 11) is 4.79. The number of halogens is 1. The first-order valence-corrected chi connectivity index (χ1v) is 10.7. The van der Waals surface area contributed by atoms with Gasteiger partial charge in [-0.1, -0.05) is 35.2 Å². The van der Waals surface area contributed by atoms with Crippen molar-refractivity contribution >= 4 is 28.7 Å². The number of hydrogen-bond acceptors (Lipinski definition) is 9. The van der Waals surface area contributed by atoms with Crippen LogP contribution in [0.25, 0.3) is 0 Å². The molecule has 0 amide bonds. The summed E-state index contributed by atoms with van der Waals surface area (Å²) < 4.78 is 44.8. The molecule has 2 aliphatic rings. The van der Waals surface area contributed by atoms with Crippen LogP contribution in [0.5, 0.6) is 0 Å². The van der Waals surface area contributed by atoms with Crippen molar-refractivity contribution in [1.82, 2.24) is 0 Å². The van der Waals surface area contributed by atoms with Gasteiger partial charge in [0.2, 0.25) is 0 Å². The summed E-state index contributed by atoms with van der Waals surface area (Å²) in [5, 5.41) is 0. The average Bonchev–Trinajstić information content (AvgIpc) is 2.71. The van der Waals surface area contributed by atoms with Crippen molar-refractivity contribution in [3.05, 3.63) is 12.7 Å². The van der Waals surface area contributed by atoms with Crippen molar-refractivity contribution in [2.75, 3.05) is 27.9 Å². The Bertz CT molecular complexity index is 534. The van der Waals surface area contributed by atoms with E-state index in [4.69, 9.17) is 37.9 Å². The van der Waals surface area contributed by atoms with Crippen LogP contribution in [0.15, 0.2) is 12.7 Å². The van der Waals surface area contributed by atoms with Gasteiger partial charge >= 0.3 is 6.16 Å². The number of rotatable bonds is 8. The van der Waals surface area contributed by atoms with Gasteiger partial charge in [-0.2, -0.15) is 0 Å². The summed E-state index contributed by atoms with van der Waals surface area (Å²) in [5.74, 6) is 0. The van der Waals surface area contributed by atoms with Gasteiger partial charge in [-0.15, -0.1) is 0 Å². The van der Waals surface area contributed by atoms with E-state index in [9.17, 15) is 4.79 Å². The van der Waals surface area contributed by atoms with Crippen LogP contribution in [0.3, 0.4) is 0 Å². The van der Waals surface area contributed by atoms with E-state index in [2.05, 4.69) is 29.2 Å². The van der Waals surface area contributed by atoms with E-state index in [-0.39, 0.29) is 35.1 Å². The van der Waals surface area contributed by atoms with E-state index < -0.39 is 30.8 Å². The molecule has 0 bridgehead atoms. The van der Waals surface area contributed by atoms with Crippen LogP contribution < -0.4 is 0 Å². The normalized spacial score (nSPS) is 40.3. The van der Waals surface area contributed by atoms with Crippen molar-refractivity contribution in [1.29, 1.82) is 0 Å². The molecular weight excluding hydrogens is 499 g/mol. The van der Waals surface area contributed by atoms with E-state index in [0.717, 1.165) is 0 Å². The molecule has 2 saturated heterocycles. The Balaban J connectivity index is 2.06. The molecule has 2 heterocycles.